The maximum atomic E-state index is 11.4. The number of halogens is 1. The fourth-order valence-electron chi connectivity index (χ4n) is 1.30. The van der Waals surface area contributed by atoms with E-state index in [0.29, 0.717) is 4.47 Å². The molecule has 0 aromatic heterocycles. The second-order valence-corrected chi connectivity index (χ2v) is 4.87. The number of aromatic carboxylic acids is 1. The van der Waals surface area contributed by atoms with E-state index in [9.17, 15) is 9.59 Å². The molecule has 98 valence electrons. The maximum Gasteiger partial charge on any atom is 0.339 e. The molecule has 6 heteroatoms. The van der Waals surface area contributed by atoms with Crippen molar-refractivity contribution >= 4 is 27.8 Å². The number of nitrogens with one attached hydrogen (secondary N) is 1. The molecule has 1 amide bonds. The third kappa shape index (κ3) is 4.37. The highest BCUT2D eigenvalue weighted by Gasteiger charge is 2.13. The number of amides is 1. The van der Waals surface area contributed by atoms with Crippen LogP contribution in [0.25, 0.3) is 0 Å². The fourth-order valence-corrected chi connectivity index (χ4v) is 1.64. The molecule has 1 aromatic carbocycles. The van der Waals surface area contributed by atoms with E-state index in [4.69, 9.17) is 9.84 Å². The Labute approximate surface area is 113 Å². The van der Waals surface area contributed by atoms with Gasteiger partial charge in [0.1, 0.15) is 11.3 Å². The van der Waals surface area contributed by atoms with Crippen LogP contribution in [0.3, 0.4) is 0 Å². The summed E-state index contributed by atoms with van der Waals surface area (Å²) in [6, 6.07) is 4.56. The van der Waals surface area contributed by atoms with E-state index in [1.165, 1.54) is 12.1 Å². The number of carbonyl (C=O) groups is 2. The lowest BCUT2D eigenvalue weighted by Crippen LogP contribution is -2.34. The van der Waals surface area contributed by atoms with Gasteiger partial charge in [-0.2, -0.15) is 0 Å². The van der Waals surface area contributed by atoms with Crippen molar-refractivity contribution in [2.24, 2.45) is 0 Å². The molecule has 1 aromatic rings. The van der Waals surface area contributed by atoms with Gasteiger partial charge in [0, 0.05) is 10.5 Å². The summed E-state index contributed by atoms with van der Waals surface area (Å²) in [5, 5.41) is 11.6. The molecule has 0 saturated heterocycles. The predicted molar refractivity (Wildman–Crippen MR) is 69.9 cm³/mol. The molecular formula is C12H14BrNO4. The van der Waals surface area contributed by atoms with Crippen LogP contribution in [0.1, 0.15) is 24.2 Å². The van der Waals surface area contributed by atoms with E-state index in [-0.39, 0.29) is 29.9 Å². The van der Waals surface area contributed by atoms with Crippen molar-refractivity contribution in [3.8, 4) is 5.75 Å². The van der Waals surface area contributed by atoms with E-state index in [0.717, 1.165) is 0 Å². The monoisotopic (exact) mass is 315 g/mol. The van der Waals surface area contributed by atoms with E-state index in [2.05, 4.69) is 21.2 Å². The van der Waals surface area contributed by atoms with Crippen LogP contribution in [-0.2, 0) is 4.79 Å². The Morgan fingerprint density at radius 1 is 1.44 bits per heavy atom. The highest BCUT2D eigenvalue weighted by Crippen LogP contribution is 2.23. The molecule has 0 heterocycles. The second kappa shape index (κ2) is 6.39. The number of carboxylic acid groups (broad SMARTS) is 1. The SMILES string of the molecule is CC(C)NC(=O)COc1cc(Br)ccc1C(=O)O. The van der Waals surface area contributed by atoms with Gasteiger partial charge >= 0.3 is 5.97 Å². The lowest BCUT2D eigenvalue weighted by molar-refractivity contribution is -0.123. The Kier molecular flexibility index (Phi) is 5.15. The number of carbonyl (C=O) groups excluding carboxylic acids is 1. The third-order valence-electron chi connectivity index (χ3n) is 1.98. The molecule has 0 aliphatic carbocycles. The Balaban J connectivity index is 2.74. The number of carboxylic acids is 1. The number of hydrogen-bond acceptors (Lipinski definition) is 3. The van der Waals surface area contributed by atoms with Gasteiger partial charge in [0.15, 0.2) is 6.61 Å². The molecule has 0 fully saturated rings. The highest BCUT2D eigenvalue weighted by molar-refractivity contribution is 9.10. The molecule has 1 rings (SSSR count). The molecule has 0 radical (unpaired) electrons. The van der Waals surface area contributed by atoms with Gasteiger partial charge in [-0.1, -0.05) is 15.9 Å². The average molecular weight is 316 g/mol. The normalized spacial score (nSPS) is 10.2. The third-order valence-corrected chi connectivity index (χ3v) is 2.48. The van der Waals surface area contributed by atoms with Crippen LogP contribution in [0.15, 0.2) is 22.7 Å². The summed E-state index contributed by atoms with van der Waals surface area (Å²) in [5.41, 5.74) is 0.0237. The van der Waals surface area contributed by atoms with Gasteiger partial charge < -0.3 is 15.2 Å². The summed E-state index contributed by atoms with van der Waals surface area (Å²) in [7, 11) is 0. The van der Waals surface area contributed by atoms with Crippen LogP contribution in [0.2, 0.25) is 0 Å². The topological polar surface area (TPSA) is 75.6 Å². The average Bonchev–Trinajstić information content (AvgIpc) is 2.25. The lowest BCUT2D eigenvalue weighted by Gasteiger charge is -2.11. The van der Waals surface area contributed by atoms with Crippen molar-refractivity contribution in [2.45, 2.75) is 19.9 Å². The van der Waals surface area contributed by atoms with Crippen molar-refractivity contribution in [1.29, 1.82) is 0 Å². The standard InChI is InChI=1S/C12H14BrNO4/c1-7(2)14-11(15)6-18-10-5-8(13)3-4-9(10)12(16)17/h3-5,7H,6H2,1-2H3,(H,14,15)(H,16,17). The summed E-state index contributed by atoms with van der Waals surface area (Å²) in [6.07, 6.45) is 0. The van der Waals surface area contributed by atoms with Gasteiger partial charge in [0.2, 0.25) is 0 Å². The summed E-state index contributed by atoms with van der Waals surface area (Å²) in [5.74, 6) is -1.22. The van der Waals surface area contributed by atoms with Crippen LogP contribution in [0.5, 0.6) is 5.75 Å². The molecular weight excluding hydrogens is 302 g/mol. The minimum Gasteiger partial charge on any atom is -0.483 e. The summed E-state index contributed by atoms with van der Waals surface area (Å²) < 4.78 is 5.91. The number of ether oxygens (including phenoxy) is 1. The minimum absolute atomic E-state index is 0.0163. The number of benzene rings is 1. The Hall–Kier alpha value is -1.56. The molecule has 0 unspecified atom stereocenters. The van der Waals surface area contributed by atoms with Crippen molar-refractivity contribution < 1.29 is 19.4 Å². The van der Waals surface area contributed by atoms with Gasteiger partial charge in [-0.05, 0) is 32.0 Å². The van der Waals surface area contributed by atoms with Gasteiger partial charge in [-0.3, -0.25) is 4.79 Å². The zero-order chi connectivity index (χ0) is 13.7. The molecule has 0 atom stereocenters. The van der Waals surface area contributed by atoms with E-state index < -0.39 is 5.97 Å². The fraction of sp³-hybridized carbons (Fsp3) is 0.333. The maximum absolute atomic E-state index is 11.4. The molecule has 0 aliphatic heterocycles. The molecule has 5 nitrogen and oxygen atoms in total. The highest BCUT2D eigenvalue weighted by atomic mass is 79.9. The smallest absolute Gasteiger partial charge is 0.339 e. The first-order valence-corrected chi connectivity index (χ1v) is 6.14. The number of rotatable bonds is 5. The van der Waals surface area contributed by atoms with Crippen molar-refractivity contribution in [3.05, 3.63) is 28.2 Å². The van der Waals surface area contributed by atoms with Crippen LogP contribution in [0, 0.1) is 0 Å². The molecule has 0 saturated carbocycles. The number of hydrogen-bond donors (Lipinski definition) is 2. The first-order valence-electron chi connectivity index (χ1n) is 5.35. The van der Waals surface area contributed by atoms with Crippen LogP contribution >= 0.6 is 15.9 Å². The molecule has 0 aliphatic rings. The first kappa shape index (κ1) is 14.5. The zero-order valence-electron chi connectivity index (χ0n) is 10.1. The van der Waals surface area contributed by atoms with Gasteiger partial charge in [-0.25, -0.2) is 4.79 Å². The minimum atomic E-state index is -1.10. The molecule has 2 N–H and O–H groups in total. The summed E-state index contributed by atoms with van der Waals surface area (Å²) in [4.78, 5) is 22.4. The largest absolute Gasteiger partial charge is 0.483 e. The second-order valence-electron chi connectivity index (χ2n) is 3.96. The van der Waals surface area contributed by atoms with Crippen molar-refractivity contribution in [3.63, 3.8) is 0 Å². The first-order chi connectivity index (χ1) is 8.40. The Morgan fingerprint density at radius 2 is 2.11 bits per heavy atom. The Bertz CT molecular complexity index is 459. The Morgan fingerprint density at radius 3 is 2.67 bits per heavy atom. The van der Waals surface area contributed by atoms with Crippen molar-refractivity contribution in [2.75, 3.05) is 6.61 Å². The zero-order valence-corrected chi connectivity index (χ0v) is 11.7. The lowest BCUT2D eigenvalue weighted by atomic mass is 10.2. The van der Waals surface area contributed by atoms with Gasteiger partial charge in [0.25, 0.3) is 5.91 Å². The van der Waals surface area contributed by atoms with Gasteiger partial charge in [-0.15, -0.1) is 0 Å². The van der Waals surface area contributed by atoms with Crippen LogP contribution < -0.4 is 10.1 Å². The molecule has 0 bridgehead atoms. The van der Waals surface area contributed by atoms with Crippen LogP contribution in [-0.4, -0.2) is 29.6 Å². The quantitative estimate of drug-likeness (QED) is 0.872. The van der Waals surface area contributed by atoms with Gasteiger partial charge in [0.05, 0.1) is 0 Å². The van der Waals surface area contributed by atoms with E-state index in [1.807, 2.05) is 13.8 Å². The summed E-state index contributed by atoms with van der Waals surface area (Å²) >= 11 is 3.22. The van der Waals surface area contributed by atoms with E-state index in [1.54, 1.807) is 6.07 Å². The summed E-state index contributed by atoms with van der Waals surface area (Å²) in [6.45, 7) is 3.45. The molecule has 18 heavy (non-hydrogen) atoms. The van der Waals surface area contributed by atoms with Crippen molar-refractivity contribution in [1.82, 2.24) is 5.32 Å². The van der Waals surface area contributed by atoms with Crippen LogP contribution in [0.4, 0.5) is 0 Å². The predicted octanol–water partition coefficient (Wildman–Crippen LogP) is 2.05. The molecule has 0 spiro atoms. The van der Waals surface area contributed by atoms with E-state index >= 15 is 0 Å².